The average molecular weight is 218 g/mol. The van der Waals surface area contributed by atoms with E-state index in [9.17, 15) is 0 Å². The van der Waals surface area contributed by atoms with Gasteiger partial charge in [-0.15, -0.1) is 0 Å². The fraction of sp³-hybridized carbons (Fsp3) is 0.571. The van der Waals surface area contributed by atoms with E-state index in [2.05, 4.69) is 36.5 Å². The molecule has 0 amide bonds. The summed E-state index contributed by atoms with van der Waals surface area (Å²) < 4.78 is 0. The Labute approximate surface area is 98.2 Å². The zero-order valence-corrected chi connectivity index (χ0v) is 10.1. The Balaban J connectivity index is 1.94. The lowest BCUT2D eigenvalue weighted by Gasteiger charge is -2.17. The van der Waals surface area contributed by atoms with Crippen molar-refractivity contribution in [1.29, 1.82) is 0 Å². The molecule has 1 aromatic carbocycles. The highest BCUT2D eigenvalue weighted by Crippen LogP contribution is 2.20. The molecule has 0 radical (unpaired) electrons. The molecule has 1 aliphatic heterocycles. The van der Waals surface area contributed by atoms with Gasteiger partial charge in [0, 0.05) is 12.1 Å². The molecule has 3 N–H and O–H groups in total. The van der Waals surface area contributed by atoms with Gasteiger partial charge < -0.3 is 11.1 Å². The van der Waals surface area contributed by atoms with Gasteiger partial charge in [-0.1, -0.05) is 31.2 Å². The van der Waals surface area contributed by atoms with Crippen LogP contribution in [-0.2, 0) is 6.42 Å². The molecule has 88 valence electrons. The normalized spacial score (nSPS) is 22.2. The molecular formula is C14H22N2. The Morgan fingerprint density at radius 3 is 2.69 bits per heavy atom. The molecule has 1 aliphatic rings. The fourth-order valence-electron chi connectivity index (χ4n) is 2.40. The third-order valence-corrected chi connectivity index (χ3v) is 3.52. The van der Waals surface area contributed by atoms with Crippen molar-refractivity contribution in [3.63, 3.8) is 0 Å². The van der Waals surface area contributed by atoms with Gasteiger partial charge in [0.2, 0.25) is 0 Å². The highest BCUT2D eigenvalue weighted by molar-refractivity contribution is 5.24. The van der Waals surface area contributed by atoms with Crippen molar-refractivity contribution in [1.82, 2.24) is 5.32 Å². The predicted molar refractivity (Wildman–Crippen MR) is 68.4 cm³/mol. The molecule has 0 aliphatic carbocycles. The zero-order valence-electron chi connectivity index (χ0n) is 10.1. The maximum atomic E-state index is 6.23. The van der Waals surface area contributed by atoms with Crippen LogP contribution in [0.15, 0.2) is 24.3 Å². The van der Waals surface area contributed by atoms with Crippen molar-refractivity contribution in [3.8, 4) is 0 Å². The molecule has 1 saturated heterocycles. The first kappa shape index (κ1) is 11.6. The maximum Gasteiger partial charge on any atom is 0.0309 e. The highest BCUT2D eigenvalue weighted by atomic mass is 14.9. The average Bonchev–Trinajstić information content (AvgIpc) is 2.82. The lowest BCUT2D eigenvalue weighted by atomic mass is 9.98. The van der Waals surface area contributed by atoms with Crippen molar-refractivity contribution < 1.29 is 0 Å². The Bertz CT molecular complexity index is 312. The van der Waals surface area contributed by atoms with E-state index in [1.807, 2.05) is 0 Å². The van der Waals surface area contributed by atoms with Crippen LogP contribution in [0.4, 0.5) is 0 Å². The minimum atomic E-state index is 0.182. The summed E-state index contributed by atoms with van der Waals surface area (Å²) in [5.74, 6) is 0. The molecule has 2 atom stereocenters. The number of hydrogen-bond donors (Lipinski definition) is 2. The van der Waals surface area contributed by atoms with E-state index in [0.717, 1.165) is 19.4 Å². The summed E-state index contributed by atoms with van der Waals surface area (Å²) in [6.07, 6.45) is 4.73. The third kappa shape index (κ3) is 2.83. The lowest BCUT2D eigenvalue weighted by molar-refractivity contribution is 0.499. The smallest absolute Gasteiger partial charge is 0.0309 e. The number of hydrogen-bond acceptors (Lipinski definition) is 2. The molecule has 0 aromatic heterocycles. The second-order valence-electron chi connectivity index (χ2n) is 4.73. The molecule has 2 unspecified atom stereocenters. The van der Waals surface area contributed by atoms with Crippen LogP contribution in [0.3, 0.4) is 0 Å². The van der Waals surface area contributed by atoms with Crippen molar-refractivity contribution in [2.75, 3.05) is 6.54 Å². The quantitative estimate of drug-likeness (QED) is 0.814. The van der Waals surface area contributed by atoms with E-state index in [-0.39, 0.29) is 6.04 Å². The first-order valence-corrected chi connectivity index (χ1v) is 6.37. The summed E-state index contributed by atoms with van der Waals surface area (Å²) in [5.41, 5.74) is 8.88. The van der Waals surface area contributed by atoms with Gasteiger partial charge in [0.25, 0.3) is 0 Å². The van der Waals surface area contributed by atoms with E-state index in [1.54, 1.807) is 0 Å². The molecule has 1 fully saturated rings. The van der Waals surface area contributed by atoms with Crippen molar-refractivity contribution in [2.24, 2.45) is 5.73 Å². The van der Waals surface area contributed by atoms with E-state index in [0.29, 0.717) is 6.04 Å². The van der Waals surface area contributed by atoms with Gasteiger partial charge in [0.15, 0.2) is 0 Å². The molecule has 1 heterocycles. The van der Waals surface area contributed by atoms with Crippen LogP contribution >= 0.6 is 0 Å². The van der Waals surface area contributed by atoms with Crippen LogP contribution in [0, 0.1) is 0 Å². The van der Waals surface area contributed by atoms with Crippen LogP contribution < -0.4 is 11.1 Å². The molecule has 2 nitrogen and oxygen atoms in total. The molecule has 16 heavy (non-hydrogen) atoms. The molecule has 0 saturated carbocycles. The Kier molecular flexibility index (Phi) is 3.97. The fourth-order valence-corrected chi connectivity index (χ4v) is 2.40. The number of nitrogens with two attached hydrogens (primary N) is 1. The SMILES string of the molecule is CCc1ccc(C(N)CC2CCCN2)cc1. The van der Waals surface area contributed by atoms with E-state index in [4.69, 9.17) is 5.73 Å². The maximum absolute atomic E-state index is 6.23. The summed E-state index contributed by atoms with van der Waals surface area (Å²) in [6, 6.07) is 9.55. The highest BCUT2D eigenvalue weighted by Gasteiger charge is 2.17. The van der Waals surface area contributed by atoms with Gasteiger partial charge in [-0.3, -0.25) is 0 Å². The molecule has 2 rings (SSSR count). The van der Waals surface area contributed by atoms with E-state index in [1.165, 1.54) is 24.0 Å². The van der Waals surface area contributed by atoms with Gasteiger partial charge >= 0.3 is 0 Å². The molecule has 1 aromatic rings. The lowest BCUT2D eigenvalue weighted by Crippen LogP contribution is -2.26. The van der Waals surface area contributed by atoms with Gasteiger partial charge in [-0.25, -0.2) is 0 Å². The second kappa shape index (κ2) is 5.46. The summed E-state index contributed by atoms with van der Waals surface area (Å²) in [6.45, 7) is 3.34. The topological polar surface area (TPSA) is 38.0 Å². The van der Waals surface area contributed by atoms with Gasteiger partial charge in [0.1, 0.15) is 0 Å². The standard InChI is InChI=1S/C14H22N2/c1-2-11-5-7-12(8-6-11)14(15)10-13-4-3-9-16-13/h5-8,13-14,16H,2-4,9-10,15H2,1H3. The summed E-state index contributed by atoms with van der Waals surface area (Å²) in [5, 5.41) is 3.50. The van der Waals surface area contributed by atoms with Gasteiger partial charge in [0.05, 0.1) is 0 Å². The summed E-state index contributed by atoms with van der Waals surface area (Å²) in [7, 11) is 0. The van der Waals surface area contributed by atoms with Crippen molar-refractivity contribution >= 4 is 0 Å². The first-order chi connectivity index (χ1) is 7.79. The third-order valence-electron chi connectivity index (χ3n) is 3.52. The van der Waals surface area contributed by atoms with Crippen molar-refractivity contribution in [2.45, 2.75) is 44.7 Å². The molecular weight excluding hydrogens is 196 g/mol. The minimum absolute atomic E-state index is 0.182. The molecule has 2 heteroatoms. The van der Waals surface area contributed by atoms with E-state index >= 15 is 0 Å². The molecule has 0 bridgehead atoms. The van der Waals surface area contributed by atoms with Crippen LogP contribution in [0.2, 0.25) is 0 Å². The number of rotatable bonds is 4. The second-order valence-corrected chi connectivity index (χ2v) is 4.73. The van der Waals surface area contributed by atoms with Gasteiger partial charge in [-0.2, -0.15) is 0 Å². The summed E-state index contributed by atoms with van der Waals surface area (Å²) in [4.78, 5) is 0. The summed E-state index contributed by atoms with van der Waals surface area (Å²) >= 11 is 0. The monoisotopic (exact) mass is 218 g/mol. The van der Waals surface area contributed by atoms with Crippen LogP contribution in [-0.4, -0.2) is 12.6 Å². The van der Waals surface area contributed by atoms with Crippen LogP contribution in [0.1, 0.15) is 43.4 Å². The Morgan fingerprint density at radius 2 is 2.12 bits per heavy atom. The molecule has 0 spiro atoms. The zero-order chi connectivity index (χ0) is 11.4. The minimum Gasteiger partial charge on any atom is -0.324 e. The number of aryl methyl sites for hydroxylation is 1. The van der Waals surface area contributed by atoms with E-state index < -0.39 is 0 Å². The number of benzene rings is 1. The largest absolute Gasteiger partial charge is 0.324 e. The van der Waals surface area contributed by atoms with Crippen LogP contribution in [0.5, 0.6) is 0 Å². The van der Waals surface area contributed by atoms with Crippen molar-refractivity contribution in [3.05, 3.63) is 35.4 Å². The number of nitrogens with one attached hydrogen (secondary N) is 1. The predicted octanol–water partition coefficient (Wildman–Crippen LogP) is 2.39. The van der Waals surface area contributed by atoms with Gasteiger partial charge in [-0.05, 0) is 43.4 Å². The first-order valence-electron chi connectivity index (χ1n) is 6.37. The van der Waals surface area contributed by atoms with Crippen LogP contribution in [0.25, 0.3) is 0 Å². The Hall–Kier alpha value is -0.860. The Morgan fingerprint density at radius 1 is 1.38 bits per heavy atom.